The third-order valence-electron chi connectivity index (χ3n) is 1.38. The molecular weight excluding hydrogens is 114 g/mol. The molecule has 0 aromatic carbocycles. The predicted molar refractivity (Wildman–Crippen MR) is 37.6 cm³/mol. The lowest BCUT2D eigenvalue weighted by Crippen LogP contribution is -1.89. The van der Waals surface area contributed by atoms with Crippen LogP contribution in [0.1, 0.15) is 11.4 Å². The van der Waals surface area contributed by atoms with E-state index in [1.54, 1.807) is 0 Å². The highest BCUT2D eigenvalue weighted by molar-refractivity contribution is 5.50. The Labute approximate surface area is 54.5 Å². The summed E-state index contributed by atoms with van der Waals surface area (Å²) in [6.07, 6.45) is 0. The Morgan fingerprint density at radius 1 is 1.44 bits per heavy atom. The number of aromatic nitrogens is 2. The van der Waals surface area contributed by atoms with Crippen molar-refractivity contribution >= 4 is 5.69 Å². The van der Waals surface area contributed by atoms with Crippen LogP contribution >= 0.6 is 0 Å². The zero-order chi connectivity index (χ0) is 6.85. The number of nitrogens with zero attached hydrogens (tertiary/aromatic N) is 1. The smallest absolute Gasteiger partial charge is 0.0825 e. The lowest BCUT2D eigenvalue weighted by Gasteiger charge is -1.95. The molecule has 0 saturated heterocycles. The Hall–Kier alpha value is -0.990. The minimum atomic E-state index is 1.02. The Morgan fingerprint density at radius 3 is 2.33 bits per heavy atom. The van der Waals surface area contributed by atoms with E-state index < -0.39 is 0 Å². The van der Waals surface area contributed by atoms with Crippen molar-refractivity contribution in [3.63, 3.8) is 0 Å². The molecule has 3 heteroatoms. The topological polar surface area (TPSA) is 40.7 Å². The molecule has 0 saturated carbocycles. The fraction of sp³-hybridized carbons (Fsp3) is 0.500. The van der Waals surface area contributed by atoms with Crippen LogP contribution in [0.3, 0.4) is 0 Å². The van der Waals surface area contributed by atoms with Gasteiger partial charge in [0.2, 0.25) is 0 Å². The molecule has 50 valence electrons. The first-order chi connectivity index (χ1) is 4.25. The Balaban J connectivity index is 3.07. The van der Waals surface area contributed by atoms with Gasteiger partial charge in [0, 0.05) is 7.05 Å². The highest BCUT2D eigenvalue weighted by atomic mass is 15.1. The lowest BCUT2D eigenvalue weighted by molar-refractivity contribution is 1.02. The highest BCUT2D eigenvalue weighted by Crippen LogP contribution is 2.13. The second-order valence-electron chi connectivity index (χ2n) is 2.06. The Morgan fingerprint density at radius 2 is 2.11 bits per heavy atom. The highest BCUT2D eigenvalue weighted by Gasteiger charge is 2.00. The number of nitrogens with one attached hydrogen (secondary N) is 2. The molecular formula is C6H11N3. The fourth-order valence-corrected chi connectivity index (χ4v) is 0.919. The van der Waals surface area contributed by atoms with E-state index in [-0.39, 0.29) is 0 Å². The molecule has 0 aliphatic carbocycles. The van der Waals surface area contributed by atoms with Gasteiger partial charge in [0.05, 0.1) is 17.1 Å². The average molecular weight is 125 g/mol. The van der Waals surface area contributed by atoms with Gasteiger partial charge in [0.1, 0.15) is 0 Å². The molecule has 0 bridgehead atoms. The van der Waals surface area contributed by atoms with Crippen molar-refractivity contribution < 1.29 is 0 Å². The average Bonchev–Trinajstić information content (AvgIpc) is 2.12. The quantitative estimate of drug-likeness (QED) is 0.589. The van der Waals surface area contributed by atoms with Crippen LogP contribution in [0.4, 0.5) is 5.69 Å². The number of hydrogen-bond acceptors (Lipinski definition) is 2. The minimum Gasteiger partial charge on any atom is -0.385 e. The molecule has 0 amide bonds. The number of aromatic amines is 1. The van der Waals surface area contributed by atoms with E-state index >= 15 is 0 Å². The maximum Gasteiger partial charge on any atom is 0.0825 e. The van der Waals surface area contributed by atoms with Crippen LogP contribution in [0, 0.1) is 13.8 Å². The number of H-pyrrole nitrogens is 1. The standard InChI is InChI=1S/C6H11N3/c1-4-6(7-3)5(2)9-8-4/h7H,1-3H3,(H,8,9). The van der Waals surface area contributed by atoms with Crippen LogP contribution in [0.25, 0.3) is 0 Å². The molecule has 0 aliphatic rings. The molecule has 2 N–H and O–H groups in total. The van der Waals surface area contributed by atoms with Gasteiger partial charge in [-0.15, -0.1) is 0 Å². The number of rotatable bonds is 1. The second-order valence-corrected chi connectivity index (χ2v) is 2.06. The summed E-state index contributed by atoms with van der Waals surface area (Å²) in [5.41, 5.74) is 3.22. The summed E-state index contributed by atoms with van der Waals surface area (Å²) in [4.78, 5) is 0. The zero-order valence-electron chi connectivity index (χ0n) is 5.95. The van der Waals surface area contributed by atoms with E-state index in [0.29, 0.717) is 0 Å². The van der Waals surface area contributed by atoms with Crippen LogP contribution in [0.15, 0.2) is 0 Å². The van der Waals surface area contributed by atoms with Crippen molar-refractivity contribution in [1.82, 2.24) is 10.2 Å². The van der Waals surface area contributed by atoms with Crippen LogP contribution in [-0.2, 0) is 0 Å². The van der Waals surface area contributed by atoms with Crippen molar-refractivity contribution in [1.29, 1.82) is 0 Å². The van der Waals surface area contributed by atoms with Gasteiger partial charge in [-0.2, -0.15) is 5.10 Å². The molecule has 1 aromatic rings. The first-order valence-corrected chi connectivity index (χ1v) is 2.95. The van der Waals surface area contributed by atoms with Gasteiger partial charge >= 0.3 is 0 Å². The van der Waals surface area contributed by atoms with Crippen molar-refractivity contribution in [3.8, 4) is 0 Å². The number of anilines is 1. The van der Waals surface area contributed by atoms with Gasteiger partial charge in [-0.3, -0.25) is 5.10 Å². The fourth-order valence-electron chi connectivity index (χ4n) is 0.919. The maximum atomic E-state index is 4.00. The molecule has 0 unspecified atom stereocenters. The van der Waals surface area contributed by atoms with Gasteiger partial charge in [0.15, 0.2) is 0 Å². The summed E-state index contributed by atoms with van der Waals surface area (Å²) in [6.45, 7) is 3.96. The second kappa shape index (κ2) is 2.09. The summed E-state index contributed by atoms with van der Waals surface area (Å²) in [5.74, 6) is 0. The van der Waals surface area contributed by atoms with E-state index in [4.69, 9.17) is 0 Å². The van der Waals surface area contributed by atoms with E-state index in [0.717, 1.165) is 17.1 Å². The largest absolute Gasteiger partial charge is 0.385 e. The van der Waals surface area contributed by atoms with Gasteiger partial charge < -0.3 is 5.32 Å². The number of aryl methyl sites for hydroxylation is 2. The van der Waals surface area contributed by atoms with Crippen molar-refractivity contribution in [2.45, 2.75) is 13.8 Å². The van der Waals surface area contributed by atoms with Gasteiger partial charge in [-0.25, -0.2) is 0 Å². The van der Waals surface area contributed by atoms with Crippen LogP contribution < -0.4 is 5.32 Å². The summed E-state index contributed by atoms with van der Waals surface area (Å²) in [7, 11) is 1.89. The monoisotopic (exact) mass is 125 g/mol. The van der Waals surface area contributed by atoms with Crippen LogP contribution in [-0.4, -0.2) is 17.2 Å². The summed E-state index contributed by atoms with van der Waals surface area (Å²) < 4.78 is 0. The predicted octanol–water partition coefficient (Wildman–Crippen LogP) is 1.07. The first kappa shape index (κ1) is 6.13. The molecule has 0 spiro atoms. The molecule has 1 heterocycles. The van der Waals surface area contributed by atoms with Gasteiger partial charge in [-0.1, -0.05) is 0 Å². The SMILES string of the molecule is CNc1c(C)n[nH]c1C. The first-order valence-electron chi connectivity index (χ1n) is 2.95. The van der Waals surface area contributed by atoms with Gasteiger partial charge in [0.25, 0.3) is 0 Å². The molecule has 0 aliphatic heterocycles. The Kier molecular flexibility index (Phi) is 1.42. The third kappa shape index (κ3) is 0.896. The molecule has 0 fully saturated rings. The van der Waals surface area contributed by atoms with E-state index in [9.17, 15) is 0 Å². The van der Waals surface area contributed by atoms with Crippen molar-refractivity contribution in [3.05, 3.63) is 11.4 Å². The molecule has 3 nitrogen and oxygen atoms in total. The lowest BCUT2D eigenvalue weighted by atomic mass is 10.3. The van der Waals surface area contributed by atoms with Crippen molar-refractivity contribution in [2.24, 2.45) is 0 Å². The molecule has 0 radical (unpaired) electrons. The molecule has 0 atom stereocenters. The maximum absolute atomic E-state index is 4.00. The normalized spacial score (nSPS) is 9.67. The molecule has 1 aromatic heterocycles. The Bertz CT molecular complexity index is 183. The van der Waals surface area contributed by atoms with Crippen LogP contribution in [0.5, 0.6) is 0 Å². The summed E-state index contributed by atoms with van der Waals surface area (Å²) >= 11 is 0. The van der Waals surface area contributed by atoms with E-state index in [2.05, 4.69) is 15.5 Å². The summed E-state index contributed by atoms with van der Waals surface area (Å²) in [5, 5.41) is 9.92. The third-order valence-corrected chi connectivity index (χ3v) is 1.38. The summed E-state index contributed by atoms with van der Waals surface area (Å²) in [6, 6.07) is 0. The minimum absolute atomic E-state index is 1.02. The zero-order valence-corrected chi connectivity index (χ0v) is 5.95. The number of hydrogen-bond donors (Lipinski definition) is 2. The van der Waals surface area contributed by atoms with E-state index in [1.165, 1.54) is 0 Å². The molecule has 9 heavy (non-hydrogen) atoms. The van der Waals surface area contributed by atoms with Crippen molar-refractivity contribution in [2.75, 3.05) is 12.4 Å². The van der Waals surface area contributed by atoms with Crippen LogP contribution in [0.2, 0.25) is 0 Å². The van der Waals surface area contributed by atoms with E-state index in [1.807, 2.05) is 20.9 Å². The van der Waals surface area contributed by atoms with Gasteiger partial charge in [-0.05, 0) is 13.8 Å². The molecule has 1 rings (SSSR count).